The van der Waals surface area contributed by atoms with Gasteiger partial charge in [-0.1, -0.05) is 11.3 Å². The number of rotatable bonds is 3. The summed E-state index contributed by atoms with van der Waals surface area (Å²) in [6.07, 6.45) is -3.76. The monoisotopic (exact) mass is 367 g/mol. The topological polar surface area (TPSA) is 92.2 Å². The number of carbonyl (C=O) groups is 2. The number of halogens is 3. The molecule has 0 bridgehead atoms. The summed E-state index contributed by atoms with van der Waals surface area (Å²) in [5.41, 5.74) is -0.850. The van der Waals surface area contributed by atoms with Gasteiger partial charge in [0.15, 0.2) is 5.13 Å². The van der Waals surface area contributed by atoms with Gasteiger partial charge in [-0.05, 0) is 30.3 Å². The average molecular weight is 367 g/mol. The van der Waals surface area contributed by atoms with Crippen molar-refractivity contribution in [3.63, 3.8) is 0 Å². The second-order valence-corrected chi connectivity index (χ2v) is 5.92. The summed E-state index contributed by atoms with van der Waals surface area (Å²) in [7, 11) is 0. The number of anilines is 1. The summed E-state index contributed by atoms with van der Waals surface area (Å²) in [5, 5.41) is 11.5. The fourth-order valence-electron chi connectivity index (χ4n) is 2.01. The van der Waals surface area contributed by atoms with Gasteiger partial charge in [-0.2, -0.15) is 13.2 Å². The van der Waals surface area contributed by atoms with E-state index in [9.17, 15) is 22.8 Å². The molecule has 0 radical (unpaired) electrons. The van der Waals surface area contributed by atoms with E-state index in [4.69, 9.17) is 5.11 Å². The van der Waals surface area contributed by atoms with Crippen LogP contribution < -0.4 is 5.32 Å². The molecule has 3 aromatic rings. The number of nitrogens with one attached hydrogen (secondary N) is 1. The minimum Gasteiger partial charge on any atom is -0.478 e. The van der Waals surface area contributed by atoms with Crippen molar-refractivity contribution < 1.29 is 27.9 Å². The molecule has 1 aromatic carbocycles. The Hall–Kier alpha value is -3.01. The number of fused-ring (bicyclic) bond motifs is 1. The van der Waals surface area contributed by atoms with Crippen LogP contribution in [0.2, 0.25) is 0 Å². The number of hydrogen-bond acceptors (Lipinski definition) is 5. The van der Waals surface area contributed by atoms with Crippen molar-refractivity contribution in [1.82, 2.24) is 9.97 Å². The van der Waals surface area contributed by atoms with E-state index in [0.29, 0.717) is 16.3 Å². The largest absolute Gasteiger partial charge is 0.478 e. The maximum absolute atomic E-state index is 12.6. The third-order valence-electron chi connectivity index (χ3n) is 3.17. The second kappa shape index (κ2) is 6.13. The highest BCUT2D eigenvalue weighted by molar-refractivity contribution is 7.22. The Morgan fingerprint density at radius 2 is 1.88 bits per heavy atom. The van der Waals surface area contributed by atoms with Gasteiger partial charge in [0.1, 0.15) is 5.69 Å². The first-order valence-electron chi connectivity index (χ1n) is 6.72. The van der Waals surface area contributed by atoms with Crippen molar-refractivity contribution in [2.24, 2.45) is 0 Å². The van der Waals surface area contributed by atoms with Crippen molar-refractivity contribution in [3.8, 4) is 0 Å². The quantitative estimate of drug-likeness (QED) is 0.737. The van der Waals surface area contributed by atoms with Crippen LogP contribution in [0, 0.1) is 0 Å². The number of carbonyl (C=O) groups excluding carboxylic acids is 1. The number of benzene rings is 1. The first-order valence-corrected chi connectivity index (χ1v) is 7.54. The molecule has 25 heavy (non-hydrogen) atoms. The highest BCUT2D eigenvalue weighted by Crippen LogP contribution is 2.29. The lowest BCUT2D eigenvalue weighted by Gasteiger charge is -2.07. The molecule has 6 nitrogen and oxygen atoms in total. The Balaban J connectivity index is 1.86. The Labute approximate surface area is 142 Å². The number of carboxylic acids is 1. The van der Waals surface area contributed by atoms with Gasteiger partial charge in [0, 0.05) is 11.8 Å². The van der Waals surface area contributed by atoms with E-state index in [-0.39, 0.29) is 16.3 Å². The van der Waals surface area contributed by atoms with E-state index >= 15 is 0 Å². The number of nitrogens with zero attached hydrogens (tertiary/aromatic N) is 2. The third kappa shape index (κ3) is 3.58. The molecule has 2 N–H and O–H groups in total. The van der Waals surface area contributed by atoms with E-state index in [2.05, 4.69) is 15.3 Å². The molecule has 2 heterocycles. The van der Waals surface area contributed by atoms with Crippen LogP contribution in [0.25, 0.3) is 10.2 Å². The van der Waals surface area contributed by atoms with Crippen molar-refractivity contribution >= 4 is 38.6 Å². The number of aromatic carboxylic acids is 1. The molecule has 0 aliphatic rings. The normalized spacial score (nSPS) is 11.5. The minimum atomic E-state index is -4.65. The molecular formula is C15H8F3N3O3S. The van der Waals surface area contributed by atoms with Crippen LogP contribution in [-0.2, 0) is 6.18 Å². The summed E-state index contributed by atoms with van der Waals surface area (Å²) in [6, 6.07) is 6.05. The van der Waals surface area contributed by atoms with Gasteiger partial charge in [0.05, 0.1) is 15.8 Å². The first-order chi connectivity index (χ1) is 11.7. The molecule has 0 unspecified atom stereocenters. The van der Waals surface area contributed by atoms with Gasteiger partial charge < -0.3 is 5.11 Å². The molecule has 128 valence electrons. The smallest absolute Gasteiger partial charge is 0.433 e. The lowest BCUT2D eigenvalue weighted by Crippen LogP contribution is -2.14. The Morgan fingerprint density at radius 3 is 2.56 bits per heavy atom. The van der Waals surface area contributed by atoms with Crippen molar-refractivity contribution in [2.45, 2.75) is 6.18 Å². The number of thiazole rings is 1. The van der Waals surface area contributed by atoms with Gasteiger partial charge in [-0.3, -0.25) is 15.1 Å². The highest BCUT2D eigenvalue weighted by atomic mass is 32.1. The summed E-state index contributed by atoms with van der Waals surface area (Å²) in [4.78, 5) is 30.3. The fraction of sp³-hybridized carbons (Fsp3) is 0.0667. The van der Waals surface area contributed by atoms with Gasteiger partial charge in [0.2, 0.25) is 0 Å². The SMILES string of the molecule is O=C(O)c1ccc2nc(NC(=O)c3ccnc(C(F)(F)F)c3)sc2c1. The first kappa shape index (κ1) is 16.8. The number of carboxylic acid groups (broad SMARTS) is 1. The second-order valence-electron chi connectivity index (χ2n) is 4.89. The highest BCUT2D eigenvalue weighted by Gasteiger charge is 2.33. The molecule has 1 amide bonds. The lowest BCUT2D eigenvalue weighted by atomic mass is 10.2. The zero-order valence-electron chi connectivity index (χ0n) is 12.2. The molecule has 0 saturated carbocycles. The fourth-order valence-corrected chi connectivity index (χ4v) is 2.91. The Morgan fingerprint density at radius 1 is 1.12 bits per heavy atom. The molecular weight excluding hydrogens is 359 g/mol. The van der Waals surface area contributed by atoms with Crippen LogP contribution >= 0.6 is 11.3 Å². The Kier molecular flexibility index (Phi) is 4.13. The van der Waals surface area contributed by atoms with Crippen LogP contribution in [0.1, 0.15) is 26.4 Å². The number of hydrogen-bond donors (Lipinski definition) is 2. The van der Waals surface area contributed by atoms with E-state index in [1.54, 1.807) is 0 Å². The molecule has 0 atom stereocenters. The standard InChI is InChI=1S/C15H8F3N3O3S/c16-15(17,18)11-6-7(3-4-19-11)12(22)21-14-20-9-2-1-8(13(23)24)5-10(9)25-14/h1-6H,(H,23,24)(H,20,21,22). The summed E-state index contributed by atoms with van der Waals surface area (Å²) in [5.74, 6) is -1.87. The molecule has 10 heteroatoms. The molecule has 0 saturated heterocycles. The van der Waals surface area contributed by atoms with Crippen LogP contribution in [-0.4, -0.2) is 27.0 Å². The van der Waals surface area contributed by atoms with E-state index in [0.717, 1.165) is 23.6 Å². The summed E-state index contributed by atoms with van der Waals surface area (Å²) >= 11 is 1.02. The van der Waals surface area contributed by atoms with Crippen molar-refractivity contribution in [1.29, 1.82) is 0 Å². The molecule has 2 aromatic heterocycles. The van der Waals surface area contributed by atoms with Crippen molar-refractivity contribution in [2.75, 3.05) is 5.32 Å². The number of amides is 1. The Bertz CT molecular complexity index is 985. The molecule has 0 aliphatic carbocycles. The zero-order chi connectivity index (χ0) is 18.2. The number of alkyl halides is 3. The van der Waals surface area contributed by atoms with Crippen LogP contribution in [0.3, 0.4) is 0 Å². The van der Waals surface area contributed by atoms with Crippen LogP contribution in [0.15, 0.2) is 36.5 Å². The third-order valence-corrected chi connectivity index (χ3v) is 4.10. The van der Waals surface area contributed by atoms with E-state index in [1.807, 2.05) is 0 Å². The van der Waals surface area contributed by atoms with E-state index < -0.39 is 23.7 Å². The van der Waals surface area contributed by atoms with Gasteiger partial charge in [-0.25, -0.2) is 9.78 Å². The minimum absolute atomic E-state index is 0.0676. The maximum atomic E-state index is 12.6. The van der Waals surface area contributed by atoms with Crippen LogP contribution in [0.4, 0.5) is 18.3 Å². The molecule has 0 spiro atoms. The van der Waals surface area contributed by atoms with Gasteiger partial charge in [0.25, 0.3) is 5.91 Å². The lowest BCUT2D eigenvalue weighted by molar-refractivity contribution is -0.141. The average Bonchev–Trinajstić information content (AvgIpc) is 2.95. The van der Waals surface area contributed by atoms with E-state index in [1.165, 1.54) is 18.2 Å². The summed E-state index contributed by atoms with van der Waals surface area (Å²) in [6.45, 7) is 0. The van der Waals surface area contributed by atoms with Crippen molar-refractivity contribution in [3.05, 3.63) is 53.3 Å². The summed E-state index contributed by atoms with van der Waals surface area (Å²) < 4.78 is 38.5. The predicted molar refractivity (Wildman–Crippen MR) is 83.8 cm³/mol. The maximum Gasteiger partial charge on any atom is 0.433 e. The van der Waals surface area contributed by atoms with Gasteiger partial charge >= 0.3 is 12.1 Å². The molecule has 3 rings (SSSR count). The number of pyridine rings is 1. The van der Waals surface area contributed by atoms with Gasteiger partial charge in [-0.15, -0.1) is 0 Å². The van der Waals surface area contributed by atoms with Crippen LogP contribution in [0.5, 0.6) is 0 Å². The molecule has 0 aliphatic heterocycles. The zero-order valence-corrected chi connectivity index (χ0v) is 13.0. The number of aromatic nitrogens is 2. The predicted octanol–water partition coefficient (Wildman–Crippen LogP) is 3.66. The molecule has 0 fully saturated rings.